The van der Waals surface area contributed by atoms with Crippen molar-refractivity contribution in [1.82, 2.24) is 0 Å². The Labute approximate surface area is 226 Å². The van der Waals surface area contributed by atoms with Crippen molar-refractivity contribution in [3.63, 3.8) is 0 Å². The van der Waals surface area contributed by atoms with Gasteiger partial charge in [-0.15, -0.1) is 0 Å². The monoisotopic (exact) mass is 512 g/mol. The van der Waals surface area contributed by atoms with Crippen LogP contribution in [0.15, 0.2) is 0 Å². The summed E-state index contributed by atoms with van der Waals surface area (Å²) in [6, 6.07) is 0. The molecule has 1 atom stereocenters. The number of unbranched alkanes of at least 4 members (excludes halogenated alkanes) is 11. The minimum Gasteiger partial charge on any atom is -0.254 e. The zero-order valence-corrected chi connectivity index (χ0v) is 23.2. The Morgan fingerprint density at radius 2 is 0.892 bits per heavy atom. The van der Waals surface area contributed by atoms with Gasteiger partial charge in [0.15, 0.2) is 0 Å². The van der Waals surface area contributed by atoms with Gasteiger partial charge in [-0.2, -0.15) is 8.42 Å². The summed E-state index contributed by atoms with van der Waals surface area (Å²) in [4.78, 5) is 0. The van der Waals surface area contributed by atoms with Gasteiger partial charge in [0.1, 0.15) is 6.10 Å². The van der Waals surface area contributed by atoms with Crippen molar-refractivity contribution in [1.29, 1.82) is 0 Å². The molecule has 0 radical (unpaired) electrons. The Morgan fingerprint density at radius 1 is 0.541 bits per heavy atom. The van der Waals surface area contributed by atoms with Crippen molar-refractivity contribution in [2.75, 3.05) is 6.26 Å². The standard InChI is InChI=1S/C33H36O3S/c1-4-6-8-10-12-14-16-18-19-20-22-24-26-28-30-32-33(36-37(3,34)35)31-29-27-25-23-21-17-15-13-11-9-7-5-2/h33H,5,7,9,11,13,15,17,21,23,25,27,29,31H2,1-3H3. The molecule has 0 spiro atoms. The SMILES string of the molecule is CC#CC#CC#CC#CC#CC#CC#CC#CC(CCCCCCCCCCCCCC)OS(C)(=O)=O. The maximum Gasteiger partial charge on any atom is 0.265 e. The van der Waals surface area contributed by atoms with Crippen LogP contribution in [0.5, 0.6) is 0 Å². The van der Waals surface area contributed by atoms with Crippen molar-refractivity contribution in [3.05, 3.63) is 0 Å². The molecule has 0 heterocycles. The second-order valence-corrected chi connectivity index (χ2v) is 9.71. The molecule has 0 bridgehead atoms. The van der Waals surface area contributed by atoms with Crippen molar-refractivity contribution >= 4 is 10.1 Å². The van der Waals surface area contributed by atoms with Gasteiger partial charge < -0.3 is 0 Å². The van der Waals surface area contributed by atoms with Crippen LogP contribution in [0.1, 0.15) is 97.3 Å². The van der Waals surface area contributed by atoms with Crippen LogP contribution in [-0.4, -0.2) is 20.8 Å². The summed E-state index contributed by atoms with van der Waals surface area (Å²) in [5, 5.41) is 0. The van der Waals surface area contributed by atoms with Gasteiger partial charge in [-0.25, -0.2) is 0 Å². The zero-order chi connectivity index (χ0) is 27.3. The van der Waals surface area contributed by atoms with Crippen molar-refractivity contribution in [3.8, 4) is 94.7 Å². The molecule has 0 aliphatic heterocycles. The minimum atomic E-state index is -3.59. The summed E-state index contributed by atoms with van der Waals surface area (Å²) in [6.45, 7) is 3.94. The van der Waals surface area contributed by atoms with E-state index in [9.17, 15) is 8.42 Å². The second-order valence-electron chi connectivity index (χ2n) is 8.11. The number of hydrogen-bond acceptors (Lipinski definition) is 3. The van der Waals surface area contributed by atoms with E-state index in [4.69, 9.17) is 4.18 Å². The molecule has 37 heavy (non-hydrogen) atoms. The van der Waals surface area contributed by atoms with Crippen LogP contribution in [-0.2, 0) is 14.3 Å². The maximum absolute atomic E-state index is 11.5. The van der Waals surface area contributed by atoms with Crippen LogP contribution in [0, 0.1) is 94.7 Å². The molecule has 0 fully saturated rings. The third-order valence-electron chi connectivity index (χ3n) is 4.78. The van der Waals surface area contributed by atoms with E-state index >= 15 is 0 Å². The van der Waals surface area contributed by atoms with Crippen molar-refractivity contribution < 1.29 is 12.6 Å². The van der Waals surface area contributed by atoms with Gasteiger partial charge in [0.25, 0.3) is 10.1 Å². The highest BCUT2D eigenvalue weighted by Gasteiger charge is 2.12. The summed E-state index contributed by atoms with van der Waals surface area (Å²) in [7, 11) is -3.59. The molecule has 0 saturated heterocycles. The first kappa shape index (κ1) is 33.4. The third-order valence-corrected chi connectivity index (χ3v) is 5.36. The molecule has 3 nitrogen and oxygen atoms in total. The molecular formula is C33H36O3S. The Morgan fingerprint density at radius 3 is 1.27 bits per heavy atom. The van der Waals surface area contributed by atoms with E-state index in [1.54, 1.807) is 6.92 Å². The largest absolute Gasteiger partial charge is 0.265 e. The first-order chi connectivity index (χ1) is 18.0. The molecule has 0 amide bonds. The smallest absolute Gasteiger partial charge is 0.254 e. The molecule has 0 aliphatic carbocycles. The number of rotatable bonds is 15. The summed E-state index contributed by atoms with van der Waals surface area (Å²) < 4.78 is 28.1. The fourth-order valence-electron chi connectivity index (χ4n) is 3.08. The predicted octanol–water partition coefficient (Wildman–Crippen LogP) is 5.47. The maximum atomic E-state index is 11.5. The summed E-state index contributed by atoms with van der Waals surface area (Å²) >= 11 is 0. The highest BCUT2D eigenvalue weighted by atomic mass is 32.2. The molecule has 4 heteroatoms. The first-order valence-corrected chi connectivity index (χ1v) is 14.6. The minimum absolute atomic E-state index is 0.551. The number of hydrogen-bond donors (Lipinski definition) is 0. The van der Waals surface area contributed by atoms with E-state index in [-0.39, 0.29) is 0 Å². The average Bonchev–Trinajstić information content (AvgIpc) is 2.86. The van der Waals surface area contributed by atoms with Crippen LogP contribution in [0.4, 0.5) is 0 Å². The third kappa shape index (κ3) is 28.5. The lowest BCUT2D eigenvalue weighted by Crippen LogP contribution is -2.15. The van der Waals surface area contributed by atoms with Gasteiger partial charge in [0, 0.05) is 0 Å². The molecule has 0 aliphatic rings. The average molecular weight is 513 g/mol. The van der Waals surface area contributed by atoms with Crippen LogP contribution >= 0.6 is 0 Å². The van der Waals surface area contributed by atoms with Gasteiger partial charge >= 0.3 is 0 Å². The van der Waals surface area contributed by atoms with Crippen molar-refractivity contribution in [2.24, 2.45) is 0 Å². The highest BCUT2D eigenvalue weighted by molar-refractivity contribution is 7.86. The van der Waals surface area contributed by atoms with Gasteiger partial charge in [0.05, 0.1) is 6.26 Å². The summed E-state index contributed by atoms with van der Waals surface area (Å²) in [5.74, 6) is 41.0. The molecule has 0 rings (SSSR count). The van der Waals surface area contributed by atoms with Crippen LogP contribution < -0.4 is 0 Å². The van der Waals surface area contributed by atoms with Gasteiger partial charge in [-0.1, -0.05) is 89.4 Å². The first-order valence-electron chi connectivity index (χ1n) is 12.8. The van der Waals surface area contributed by atoms with Gasteiger partial charge in [-0.3, -0.25) is 4.18 Å². The fraction of sp³-hybridized carbons (Fsp3) is 0.515. The zero-order valence-electron chi connectivity index (χ0n) is 22.4. The van der Waals surface area contributed by atoms with Crippen LogP contribution in [0.3, 0.4) is 0 Å². The summed E-state index contributed by atoms with van der Waals surface area (Å²) in [6.07, 6.45) is 15.8. The molecule has 0 saturated carbocycles. The Bertz CT molecular complexity index is 1280. The molecule has 0 aromatic rings. The molecule has 0 aromatic carbocycles. The Hall–Kier alpha value is -3.61. The topological polar surface area (TPSA) is 43.4 Å². The molecule has 0 N–H and O–H groups in total. The van der Waals surface area contributed by atoms with Gasteiger partial charge in [-0.05, 0) is 103 Å². The molecule has 1 unspecified atom stereocenters. The van der Waals surface area contributed by atoms with E-state index in [1.807, 2.05) is 0 Å². The molecule has 192 valence electrons. The van der Waals surface area contributed by atoms with Gasteiger partial charge in [0.2, 0.25) is 0 Å². The van der Waals surface area contributed by atoms with E-state index in [1.165, 1.54) is 57.8 Å². The quantitative estimate of drug-likeness (QED) is 0.166. The van der Waals surface area contributed by atoms with E-state index in [2.05, 4.69) is 102 Å². The fourth-order valence-corrected chi connectivity index (χ4v) is 3.65. The van der Waals surface area contributed by atoms with Crippen LogP contribution in [0.2, 0.25) is 0 Å². The molecular weight excluding hydrogens is 476 g/mol. The van der Waals surface area contributed by atoms with Crippen molar-refractivity contribution in [2.45, 2.75) is 103 Å². The highest BCUT2D eigenvalue weighted by Crippen LogP contribution is 2.14. The lowest BCUT2D eigenvalue weighted by atomic mass is 10.0. The van der Waals surface area contributed by atoms with Crippen LogP contribution in [0.25, 0.3) is 0 Å². The normalized spacial score (nSPS) is 9.38. The lowest BCUT2D eigenvalue weighted by molar-refractivity contribution is 0.251. The molecule has 0 aromatic heterocycles. The van der Waals surface area contributed by atoms with E-state index in [0.29, 0.717) is 6.42 Å². The predicted molar refractivity (Wildman–Crippen MR) is 153 cm³/mol. The Balaban J connectivity index is 4.39. The lowest BCUT2D eigenvalue weighted by Gasteiger charge is -2.09. The van der Waals surface area contributed by atoms with E-state index < -0.39 is 16.2 Å². The Kier molecular flexibility index (Phi) is 23.0. The summed E-state index contributed by atoms with van der Waals surface area (Å²) in [5.41, 5.74) is 0. The second kappa shape index (κ2) is 25.5. The van der Waals surface area contributed by atoms with E-state index in [0.717, 1.165) is 25.5 Å².